The minimum atomic E-state index is -1.13. The molecule has 1 saturated carbocycles. The van der Waals surface area contributed by atoms with E-state index in [-0.39, 0.29) is 37.4 Å². The molecule has 0 unspecified atom stereocenters. The Labute approximate surface area is 237 Å². The van der Waals surface area contributed by atoms with E-state index in [2.05, 4.69) is 5.32 Å². The number of rotatable bonds is 11. The van der Waals surface area contributed by atoms with Gasteiger partial charge in [0.1, 0.15) is 18.5 Å². The van der Waals surface area contributed by atoms with Gasteiger partial charge in [0.05, 0.1) is 23.3 Å². The van der Waals surface area contributed by atoms with Crippen molar-refractivity contribution in [1.29, 1.82) is 0 Å². The molecule has 0 aromatic heterocycles. The molecule has 0 bridgehead atoms. The first-order chi connectivity index (χ1) is 18.3. The summed E-state index contributed by atoms with van der Waals surface area (Å²) in [7, 11) is 1.46. The summed E-state index contributed by atoms with van der Waals surface area (Å²) in [6.07, 6.45) is 9.13. The second-order valence-corrected chi connectivity index (χ2v) is 10.7. The van der Waals surface area contributed by atoms with Crippen LogP contribution in [0.25, 0.3) is 0 Å². The molecule has 9 nitrogen and oxygen atoms in total. The molecule has 0 aliphatic heterocycles. The Kier molecular flexibility index (Phi) is 11.6. The summed E-state index contributed by atoms with van der Waals surface area (Å²) in [4.78, 5) is 39.6. The molecule has 0 spiro atoms. The van der Waals surface area contributed by atoms with Crippen LogP contribution in [0.1, 0.15) is 62.2 Å². The minimum absolute atomic E-state index is 0.0561. The van der Waals surface area contributed by atoms with E-state index in [1.807, 2.05) is 29.5 Å². The number of amides is 2. The van der Waals surface area contributed by atoms with Crippen LogP contribution in [-0.2, 0) is 9.59 Å². The maximum absolute atomic E-state index is 13.5. The van der Waals surface area contributed by atoms with Crippen LogP contribution in [0.3, 0.4) is 0 Å². The Morgan fingerprint density at radius 2 is 1.97 bits per heavy atom. The molecule has 0 heterocycles. The maximum Gasteiger partial charge on any atom is 0.247 e. The number of halogens is 1. The number of ether oxygens (including phenoxy) is 2. The van der Waals surface area contributed by atoms with Gasteiger partial charge in [-0.2, -0.15) is 0 Å². The molecule has 2 amide bonds. The number of hydrogen-bond donors (Lipinski definition) is 3. The van der Waals surface area contributed by atoms with E-state index in [1.54, 1.807) is 35.3 Å². The van der Waals surface area contributed by atoms with Crippen LogP contribution in [0, 0.1) is 3.57 Å². The van der Waals surface area contributed by atoms with Gasteiger partial charge in [-0.15, -0.1) is 0 Å². The van der Waals surface area contributed by atoms with Gasteiger partial charge in [0.2, 0.25) is 11.8 Å². The van der Waals surface area contributed by atoms with Crippen LogP contribution >= 0.6 is 22.6 Å². The standard InChI is InChI=1S/C28H37IN2O7/c1-3-4-10-25(34)31(20-8-6-5-7-9-20)22-15-19(28(36)30-11-12-32)16-23(26(22)35)38-27-21(29)13-18(17-33)14-24(27)37-2/h4,10,13-14,16-17,20,22-23,26,32,35H,3,5-9,11-12,15H2,1-2H3,(H,30,36)/t22-,23+,26+/m1/s1. The number of carbonyl (C=O) groups excluding carboxylic acids is 3. The van der Waals surface area contributed by atoms with Crippen LogP contribution in [-0.4, -0.2) is 77.8 Å². The highest BCUT2D eigenvalue weighted by Gasteiger charge is 2.43. The van der Waals surface area contributed by atoms with E-state index in [0.29, 0.717) is 38.9 Å². The fourth-order valence-electron chi connectivity index (χ4n) is 5.08. The summed E-state index contributed by atoms with van der Waals surface area (Å²) in [6, 6.07) is 2.43. The summed E-state index contributed by atoms with van der Waals surface area (Å²) in [5, 5.41) is 23.5. The van der Waals surface area contributed by atoms with Crippen molar-refractivity contribution in [3.05, 3.63) is 45.1 Å². The van der Waals surface area contributed by atoms with Gasteiger partial charge in [-0.05, 0) is 66.1 Å². The van der Waals surface area contributed by atoms with Crippen molar-refractivity contribution in [2.45, 2.75) is 76.2 Å². The monoisotopic (exact) mass is 640 g/mol. The summed E-state index contributed by atoms with van der Waals surface area (Å²) in [5.41, 5.74) is 0.780. The molecule has 208 valence electrons. The van der Waals surface area contributed by atoms with Crippen molar-refractivity contribution in [1.82, 2.24) is 10.2 Å². The van der Waals surface area contributed by atoms with Gasteiger partial charge in [-0.3, -0.25) is 14.4 Å². The highest BCUT2D eigenvalue weighted by Crippen LogP contribution is 2.38. The highest BCUT2D eigenvalue weighted by molar-refractivity contribution is 14.1. The molecule has 1 aromatic rings. The van der Waals surface area contributed by atoms with Crippen molar-refractivity contribution in [3.8, 4) is 11.5 Å². The molecular weight excluding hydrogens is 603 g/mol. The Balaban J connectivity index is 2.03. The number of methoxy groups -OCH3 is 1. The lowest BCUT2D eigenvalue weighted by atomic mass is 9.85. The number of allylic oxidation sites excluding steroid dienone is 1. The summed E-state index contributed by atoms with van der Waals surface area (Å²) >= 11 is 2.03. The average molecular weight is 641 g/mol. The van der Waals surface area contributed by atoms with E-state index in [4.69, 9.17) is 9.47 Å². The Hall–Kier alpha value is -2.44. The van der Waals surface area contributed by atoms with Crippen LogP contribution in [0.4, 0.5) is 0 Å². The lowest BCUT2D eigenvalue weighted by Crippen LogP contribution is -2.58. The van der Waals surface area contributed by atoms with Gasteiger partial charge in [-0.1, -0.05) is 32.3 Å². The van der Waals surface area contributed by atoms with Gasteiger partial charge in [0.25, 0.3) is 0 Å². The molecule has 0 radical (unpaired) electrons. The number of benzene rings is 1. The van der Waals surface area contributed by atoms with Crippen molar-refractivity contribution in [2.24, 2.45) is 0 Å². The van der Waals surface area contributed by atoms with E-state index in [0.717, 1.165) is 32.1 Å². The molecule has 1 aromatic carbocycles. The molecule has 3 rings (SSSR count). The van der Waals surface area contributed by atoms with Gasteiger partial charge in [0, 0.05) is 30.1 Å². The summed E-state index contributed by atoms with van der Waals surface area (Å²) in [5.74, 6) is 0.0685. The number of hydrogen-bond acceptors (Lipinski definition) is 7. The van der Waals surface area contributed by atoms with E-state index < -0.39 is 18.2 Å². The average Bonchev–Trinajstić information content (AvgIpc) is 2.93. The van der Waals surface area contributed by atoms with Crippen LogP contribution in [0.15, 0.2) is 35.9 Å². The molecule has 38 heavy (non-hydrogen) atoms. The van der Waals surface area contributed by atoms with E-state index in [9.17, 15) is 24.6 Å². The Morgan fingerprint density at radius 3 is 2.61 bits per heavy atom. The third-order valence-electron chi connectivity index (χ3n) is 6.93. The predicted octanol–water partition coefficient (Wildman–Crippen LogP) is 3.16. The summed E-state index contributed by atoms with van der Waals surface area (Å²) < 4.78 is 12.3. The zero-order valence-electron chi connectivity index (χ0n) is 21.9. The molecule has 2 aliphatic rings. The lowest BCUT2D eigenvalue weighted by Gasteiger charge is -2.45. The Bertz CT molecular complexity index is 1050. The molecular formula is C28H37IN2O7. The normalized spacial score (nSPS) is 22.0. The SMILES string of the molecule is CCC=CC(=O)N(C1CCCCC1)[C@@H]1CC(C(=O)NCCO)=C[C@H](Oc2c(I)cc(C=O)cc2OC)[C@H]1O. The lowest BCUT2D eigenvalue weighted by molar-refractivity contribution is -0.138. The first-order valence-corrected chi connectivity index (χ1v) is 14.2. The van der Waals surface area contributed by atoms with Crippen molar-refractivity contribution in [3.63, 3.8) is 0 Å². The Morgan fingerprint density at radius 1 is 1.24 bits per heavy atom. The second-order valence-electron chi connectivity index (χ2n) is 9.52. The molecule has 3 atom stereocenters. The smallest absolute Gasteiger partial charge is 0.247 e. The first-order valence-electron chi connectivity index (χ1n) is 13.1. The third kappa shape index (κ3) is 7.35. The fraction of sp³-hybridized carbons (Fsp3) is 0.536. The number of nitrogens with zero attached hydrogens (tertiary/aromatic N) is 1. The number of carbonyl (C=O) groups is 3. The van der Waals surface area contributed by atoms with Gasteiger partial charge in [-0.25, -0.2) is 0 Å². The zero-order chi connectivity index (χ0) is 27.7. The quantitative estimate of drug-likeness (QED) is 0.193. The maximum atomic E-state index is 13.5. The molecule has 10 heteroatoms. The third-order valence-corrected chi connectivity index (χ3v) is 7.73. The van der Waals surface area contributed by atoms with Gasteiger partial charge >= 0.3 is 0 Å². The number of nitrogens with one attached hydrogen (secondary N) is 1. The van der Waals surface area contributed by atoms with Crippen LogP contribution in [0.2, 0.25) is 0 Å². The number of aldehydes is 1. The van der Waals surface area contributed by atoms with E-state index in [1.165, 1.54) is 7.11 Å². The predicted molar refractivity (Wildman–Crippen MR) is 151 cm³/mol. The molecule has 0 saturated heterocycles. The second kappa shape index (κ2) is 14.6. The highest BCUT2D eigenvalue weighted by atomic mass is 127. The van der Waals surface area contributed by atoms with Crippen molar-refractivity contribution >= 4 is 40.7 Å². The summed E-state index contributed by atoms with van der Waals surface area (Å²) in [6.45, 7) is 1.82. The van der Waals surface area contributed by atoms with Crippen molar-refractivity contribution in [2.75, 3.05) is 20.3 Å². The largest absolute Gasteiger partial charge is 0.493 e. The van der Waals surface area contributed by atoms with Crippen LogP contribution in [0.5, 0.6) is 11.5 Å². The van der Waals surface area contributed by atoms with Crippen LogP contribution < -0.4 is 14.8 Å². The zero-order valence-corrected chi connectivity index (χ0v) is 24.1. The van der Waals surface area contributed by atoms with Gasteiger partial charge in [0.15, 0.2) is 11.5 Å². The molecule has 1 fully saturated rings. The first kappa shape index (κ1) is 30.1. The fourth-order valence-corrected chi connectivity index (χ4v) is 5.84. The molecule has 3 N–H and O–H groups in total. The van der Waals surface area contributed by atoms with Crippen molar-refractivity contribution < 1.29 is 34.1 Å². The topological polar surface area (TPSA) is 125 Å². The van der Waals surface area contributed by atoms with E-state index >= 15 is 0 Å². The number of aliphatic hydroxyl groups is 2. The number of aliphatic hydroxyl groups excluding tert-OH is 2. The molecule has 2 aliphatic carbocycles. The minimum Gasteiger partial charge on any atom is -0.493 e. The van der Waals surface area contributed by atoms with Gasteiger partial charge < -0.3 is 29.9 Å².